The first-order valence-corrected chi connectivity index (χ1v) is 7.00. The molecule has 0 aliphatic heterocycles. The first-order valence-electron chi connectivity index (χ1n) is 7.00. The summed E-state index contributed by atoms with van der Waals surface area (Å²) in [6.07, 6.45) is 6.60. The maximum absolute atomic E-state index is 10.3. The quantitative estimate of drug-likeness (QED) is 0.309. The fraction of sp³-hybridized carbons (Fsp3) is 0.533. The number of allylic oxidation sites excluding steroid dienone is 1. The minimum atomic E-state index is -1.10. The molecule has 1 heterocycles. The lowest BCUT2D eigenvalue weighted by Crippen LogP contribution is -2.39. The zero-order valence-electron chi connectivity index (χ0n) is 12.5. The second-order valence-electron chi connectivity index (χ2n) is 4.73. The lowest BCUT2D eigenvalue weighted by Gasteiger charge is -2.19. The van der Waals surface area contributed by atoms with Gasteiger partial charge in [-0.3, -0.25) is 0 Å². The fourth-order valence-corrected chi connectivity index (χ4v) is 1.68. The van der Waals surface area contributed by atoms with Gasteiger partial charge < -0.3 is 20.2 Å². The molecule has 3 N–H and O–H groups in total. The molecule has 5 heteroatoms. The van der Waals surface area contributed by atoms with Gasteiger partial charge in [-0.05, 0) is 39.3 Å². The van der Waals surface area contributed by atoms with Crippen LogP contribution in [-0.2, 0) is 5.60 Å². The van der Waals surface area contributed by atoms with Crippen LogP contribution in [0.15, 0.2) is 40.0 Å². The number of hydrogen-bond acceptors (Lipinski definition) is 3. The third kappa shape index (κ3) is 5.48. The number of rotatable bonds is 7. The molecule has 0 aliphatic carbocycles. The molecule has 20 heavy (non-hydrogen) atoms. The molecular weight excluding hydrogens is 254 g/mol. The molecule has 0 aliphatic rings. The van der Waals surface area contributed by atoms with E-state index in [-0.39, 0.29) is 6.54 Å². The molecule has 112 valence electrons. The second-order valence-corrected chi connectivity index (χ2v) is 4.73. The van der Waals surface area contributed by atoms with Crippen molar-refractivity contribution in [1.29, 1.82) is 0 Å². The van der Waals surface area contributed by atoms with Crippen molar-refractivity contribution in [2.24, 2.45) is 4.99 Å². The summed E-state index contributed by atoms with van der Waals surface area (Å²) >= 11 is 0. The summed E-state index contributed by atoms with van der Waals surface area (Å²) in [6, 6.07) is 3.51. The number of aliphatic hydroxyl groups is 1. The topological polar surface area (TPSA) is 69.8 Å². The molecule has 0 amide bonds. The number of hydrogen-bond donors (Lipinski definition) is 3. The molecule has 1 aromatic rings. The molecule has 1 unspecified atom stereocenters. The van der Waals surface area contributed by atoms with E-state index in [0.29, 0.717) is 11.7 Å². The molecule has 0 aromatic carbocycles. The Morgan fingerprint density at radius 2 is 2.30 bits per heavy atom. The van der Waals surface area contributed by atoms with Crippen molar-refractivity contribution in [3.63, 3.8) is 0 Å². The van der Waals surface area contributed by atoms with Crippen molar-refractivity contribution in [2.75, 3.05) is 19.6 Å². The van der Waals surface area contributed by atoms with Crippen molar-refractivity contribution in [1.82, 2.24) is 10.6 Å². The molecule has 5 nitrogen and oxygen atoms in total. The van der Waals surface area contributed by atoms with Gasteiger partial charge in [0.1, 0.15) is 11.4 Å². The van der Waals surface area contributed by atoms with E-state index in [0.717, 1.165) is 19.5 Å². The summed E-state index contributed by atoms with van der Waals surface area (Å²) in [5.41, 5.74) is -1.10. The van der Waals surface area contributed by atoms with Gasteiger partial charge in [0.25, 0.3) is 0 Å². The van der Waals surface area contributed by atoms with Gasteiger partial charge in [0.05, 0.1) is 12.8 Å². The average molecular weight is 279 g/mol. The summed E-state index contributed by atoms with van der Waals surface area (Å²) in [7, 11) is 0. The third-order valence-electron chi connectivity index (χ3n) is 2.78. The van der Waals surface area contributed by atoms with Gasteiger partial charge in [-0.1, -0.05) is 12.2 Å². The van der Waals surface area contributed by atoms with E-state index in [9.17, 15) is 5.11 Å². The van der Waals surface area contributed by atoms with Gasteiger partial charge >= 0.3 is 0 Å². The van der Waals surface area contributed by atoms with Crippen LogP contribution in [0.25, 0.3) is 0 Å². The molecule has 0 saturated carbocycles. The predicted molar refractivity (Wildman–Crippen MR) is 81.7 cm³/mol. The summed E-state index contributed by atoms with van der Waals surface area (Å²) in [4.78, 5) is 4.40. The van der Waals surface area contributed by atoms with E-state index in [1.807, 2.05) is 19.9 Å². The summed E-state index contributed by atoms with van der Waals surface area (Å²) in [5, 5.41) is 16.7. The number of furan rings is 1. The molecule has 0 fully saturated rings. The van der Waals surface area contributed by atoms with Crippen molar-refractivity contribution in [2.45, 2.75) is 32.8 Å². The largest absolute Gasteiger partial charge is 0.466 e. The molecule has 1 atom stereocenters. The third-order valence-corrected chi connectivity index (χ3v) is 2.78. The van der Waals surface area contributed by atoms with Gasteiger partial charge in [-0.15, -0.1) is 0 Å². The van der Waals surface area contributed by atoms with Gasteiger partial charge in [-0.2, -0.15) is 0 Å². The minimum Gasteiger partial charge on any atom is -0.466 e. The second kappa shape index (κ2) is 8.43. The Balaban J connectivity index is 2.57. The summed E-state index contributed by atoms with van der Waals surface area (Å²) in [6.45, 7) is 7.52. The maximum atomic E-state index is 10.3. The van der Waals surface area contributed by atoms with Crippen LogP contribution in [0.3, 0.4) is 0 Å². The van der Waals surface area contributed by atoms with Crippen molar-refractivity contribution in [3.8, 4) is 0 Å². The molecule has 0 radical (unpaired) electrons. The van der Waals surface area contributed by atoms with E-state index in [2.05, 4.69) is 21.7 Å². The smallest absolute Gasteiger partial charge is 0.191 e. The monoisotopic (exact) mass is 279 g/mol. The lowest BCUT2D eigenvalue weighted by atomic mass is 10.0. The molecule has 1 rings (SSSR count). The van der Waals surface area contributed by atoms with Crippen molar-refractivity contribution in [3.05, 3.63) is 36.3 Å². The fourth-order valence-electron chi connectivity index (χ4n) is 1.68. The molecule has 0 bridgehead atoms. The standard InChI is InChI=1S/C15H25N3O2/c1-4-6-7-10-17-14(16-5-2)18-12-15(3,19)13-9-8-11-20-13/h4,6,8-9,11,19H,5,7,10,12H2,1-3H3,(H2,16,17,18)/b6-4+. The highest BCUT2D eigenvalue weighted by molar-refractivity contribution is 5.79. The Morgan fingerprint density at radius 1 is 1.50 bits per heavy atom. The van der Waals surface area contributed by atoms with Crippen LogP contribution in [0.4, 0.5) is 0 Å². The van der Waals surface area contributed by atoms with Crippen LogP contribution in [0.2, 0.25) is 0 Å². The Kier molecular flexibility index (Phi) is 6.87. The van der Waals surface area contributed by atoms with Gasteiger partial charge in [-0.25, -0.2) is 4.99 Å². The molecule has 1 aromatic heterocycles. The average Bonchev–Trinajstić information content (AvgIpc) is 2.95. The Hall–Kier alpha value is -1.75. The lowest BCUT2D eigenvalue weighted by molar-refractivity contribution is 0.0437. The van der Waals surface area contributed by atoms with Crippen molar-refractivity contribution >= 4 is 5.96 Å². The van der Waals surface area contributed by atoms with Crippen LogP contribution >= 0.6 is 0 Å². The first-order chi connectivity index (χ1) is 9.60. The van der Waals surface area contributed by atoms with E-state index < -0.39 is 5.60 Å². The SMILES string of the molecule is C/C=C/CCNC(=NCC(C)(O)c1ccco1)NCC. The first kappa shape index (κ1) is 16.3. The molecule has 0 spiro atoms. The van der Waals surface area contributed by atoms with E-state index in [1.54, 1.807) is 25.3 Å². The Morgan fingerprint density at radius 3 is 2.90 bits per heavy atom. The molecule has 0 saturated heterocycles. The highest BCUT2D eigenvalue weighted by Crippen LogP contribution is 2.20. The minimum absolute atomic E-state index is 0.236. The van der Waals surface area contributed by atoms with E-state index >= 15 is 0 Å². The Bertz CT molecular complexity index is 422. The van der Waals surface area contributed by atoms with Gasteiger partial charge in [0, 0.05) is 13.1 Å². The van der Waals surface area contributed by atoms with Crippen LogP contribution in [0.1, 0.15) is 33.0 Å². The van der Waals surface area contributed by atoms with Crippen LogP contribution in [0.5, 0.6) is 0 Å². The molecular formula is C15H25N3O2. The zero-order valence-corrected chi connectivity index (χ0v) is 12.5. The van der Waals surface area contributed by atoms with E-state index in [4.69, 9.17) is 4.42 Å². The van der Waals surface area contributed by atoms with Crippen LogP contribution in [-0.4, -0.2) is 30.7 Å². The zero-order chi connectivity index (χ0) is 14.8. The normalized spacial score (nSPS) is 15.3. The van der Waals surface area contributed by atoms with Crippen LogP contribution in [0, 0.1) is 0 Å². The van der Waals surface area contributed by atoms with Gasteiger partial charge in [0.15, 0.2) is 5.96 Å². The van der Waals surface area contributed by atoms with Crippen LogP contribution < -0.4 is 10.6 Å². The van der Waals surface area contributed by atoms with Gasteiger partial charge in [0.2, 0.25) is 0 Å². The number of aliphatic imine (C=N–C) groups is 1. The highest BCUT2D eigenvalue weighted by atomic mass is 16.4. The number of guanidine groups is 1. The predicted octanol–water partition coefficient (Wildman–Crippen LogP) is 2.01. The maximum Gasteiger partial charge on any atom is 0.191 e. The number of nitrogens with one attached hydrogen (secondary N) is 2. The number of nitrogens with zero attached hydrogens (tertiary/aromatic N) is 1. The highest BCUT2D eigenvalue weighted by Gasteiger charge is 2.25. The summed E-state index contributed by atoms with van der Waals surface area (Å²) in [5.74, 6) is 1.22. The van der Waals surface area contributed by atoms with Crippen molar-refractivity contribution < 1.29 is 9.52 Å². The Labute approximate surface area is 120 Å². The van der Waals surface area contributed by atoms with E-state index in [1.165, 1.54) is 0 Å². The summed E-state index contributed by atoms with van der Waals surface area (Å²) < 4.78 is 5.23.